The molecule has 24 heavy (non-hydrogen) atoms. The summed E-state index contributed by atoms with van der Waals surface area (Å²) in [5.41, 5.74) is 0.507. The summed E-state index contributed by atoms with van der Waals surface area (Å²) >= 11 is 11.9. The molecule has 0 bridgehead atoms. The fourth-order valence-corrected chi connectivity index (χ4v) is 2.96. The van der Waals surface area contributed by atoms with Gasteiger partial charge in [0.2, 0.25) is 0 Å². The SMILES string of the molecule is CC(C)Oc1ccc(S(=O)(=O)N/N=C/c2cccc(Cl)c2Cl)cc1. The topological polar surface area (TPSA) is 67.8 Å². The van der Waals surface area contributed by atoms with Crippen molar-refractivity contribution >= 4 is 39.4 Å². The maximum Gasteiger partial charge on any atom is 0.276 e. The maximum atomic E-state index is 12.2. The number of sulfonamides is 1. The van der Waals surface area contributed by atoms with Crippen molar-refractivity contribution in [3.05, 3.63) is 58.1 Å². The largest absolute Gasteiger partial charge is 0.491 e. The van der Waals surface area contributed by atoms with Crippen molar-refractivity contribution in [3.8, 4) is 5.75 Å². The zero-order chi connectivity index (χ0) is 17.7. The molecule has 0 aliphatic rings. The molecule has 2 aromatic rings. The highest BCUT2D eigenvalue weighted by Crippen LogP contribution is 2.24. The zero-order valence-electron chi connectivity index (χ0n) is 13.0. The molecule has 0 atom stereocenters. The number of ether oxygens (including phenoxy) is 1. The number of rotatable bonds is 6. The van der Waals surface area contributed by atoms with E-state index in [1.807, 2.05) is 13.8 Å². The number of nitrogens with zero attached hydrogens (tertiary/aromatic N) is 1. The standard InChI is InChI=1S/C16H16Cl2N2O3S/c1-11(2)23-13-6-8-14(9-7-13)24(21,22)20-19-10-12-4-3-5-15(17)16(12)18/h3-11,20H,1-2H3/b19-10+. The van der Waals surface area contributed by atoms with Crippen LogP contribution in [0.4, 0.5) is 0 Å². The van der Waals surface area contributed by atoms with Crippen LogP contribution in [0.1, 0.15) is 19.4 Å². The lowest BCUT2D eigenvalue weighted by Crippen LogP contribution is -2.18. The van der Waals surface area contributed by atoms with Crippen molar-refractivity contribution < 1.29 is 13.2 Å². The van der Waals surface area contributed by atoms with Gasteiger partial charge in [-0.1, -0.05) is 35.3 Å². The highest BCUT2D eigenvalue weighted by atomic mass is 35.5. The van der Waals surface area contributed by atoms with Gasteiger partial charge < -0.3 is 4.74 Å². The summed E-state index contributed by atoms with van der Waals surface area (Å²) in [6.45, 7) is 3.78. The number of nitrogens with one attached hydrogen (secondary N) is 1. The summed E-state index contributed by atoms with van der Waals surface area (Å²) in [6, 6.07) is 11.1. The van der Waals surface area contributed by atoms with E-state index in [9.17, 15) is 8.42 Å². The van der Waals surface area contributed by atoms with Gasteiger partial charge in [-0.2, -0.15) is 13.5 Å². The van der Waals surface area contributed by atoms with Crippen molar-refractivity contribution in [2.75, 3.05) is 0 Å². The van der Waals surface area contributed by atoms with E-state index in [1.54, 1.807) is 30.3 Å². The minimum atomic E-state index is -3.78. The van der Waals surface area contributed by atoms with Crippen molar-refractivity contribution in [2.45, 2.75) is 24.8 Å². The molecule has 8 heteroatoms. The Hall–Kier alpha value is -1.76. The maximum absolute atomic E-state index is 12.2. The van der Waals surface area contributed by atoms with Crippen LogP contribution >= 0.6 is 23.2 Å². The Morgan fingerprint density at radius 2 is 1.79 bits per heavy atom. The molecular formula is C16H16Cl2N2O3S. The minimum Gasteiger partial charge on any atom is -0.491 e. The number of hydrazone groups is 1. The van der Waals surface area contributed by atoms with E-state index in [1.165, 1.54) is 18.3 Å². The number of halogens is 2. The predicted octanol–water partition coefficient (Wildman–Crippen LogP) is 4.09. The molecule has 5 nitrogen and oxygen atoms in total. The second-order valence-electron chi connectivity index (χ2n) is 5.13. The Bertz CT molecular complexity index is 835. The molecule has 0 aromatic heterocycles. The molecule has 0 aliphatic carbocycles. The lowest BCUT2D eigenvalue weighted by Gasteiger charge is -2.10. The monoisotopic (exact) mass is 386 g/mol. The fraction of sp³-hybridized carbons (Fsp3) is 0.188. The Morgan fingerprint density at radius 1 is 1.12 bits per heavy atom. The highest BCUT2D eigenvalue weighted by Gasteiger charge is 2.13. The van der Waals surface area contributed by atoms with E-state index in [0.29, 0.717) is 21.4 Å². The van der Waals surface area contributed by atoms with Crippen LogP contribution in [0.5, 0.6) is 5.75 Å². The molecule has 0 radical (unpaired) electrons. The van der Waals surface area contributed by atoms with Gasteiger partial charge in [0, 0.05) is 5.56 Å². The smallest absolute Gasteiger partial charge is 0.276 e. The predicted molar refractivity (Wildman–Crippen MR) is 96.6 cm³/mol. The van der Waals surface area contributed by atoms with Crippen molar-refractivity contribution in [1.82, 2.24) is 4.83 Å². The first-order chi connectivity index (χ1) is 11.3. The van der Waals surface area contributed by atoms with Gasteiger partial charge in [0.05, 0.1) is 27.3 Å². The highest BCUT2D eigenvalue weighted by molar-refractivity contribution is 7.89. The van der Waals surface area contributed by atoms with Gasteiger partial charge in [0.15, 0.2) is 0 Å². The van der Waals surface area contributed by atoms with Gasteiger partial charge >= 0.3 is 0 Å². The van der Waals surface area contributed by atoms with Crippen molar-refractivity contribution in [1.29, 1.82) is 0 Å². The van der Waals surface area contributed by atoms with Gasteiger partial charge in [0.25, 0.3) is 10.0 Å². The van der Waals surface area contributed by atoms with Crippen LogP contribution < -0.4 is 9.57 Å². The quantitative estimate of drug-likeness (QED) is 0.600. The molecule has 1 N–H and O–H groups in total. The fourth-order valence-electron chi connectivity index (χ4n) is 1.81. The van der Waals surface area contributed by atoms with E-state index in [2.05, 4.69) is 9.93 Å². The third kappa shape index (κ3) is 4.87. The van der Waals surface area contributed by atoms with E-state index >= 15 is 0 Å². The van der Waals surface area contributed by atoms with E-state index < -0.39 is 10.0 Å². The van der Waals surface area contributed by atoms with Crippen molar-refractivity contribution in [3.63, 3.8) is 0 Å². The molecule has 0 fully saturated rings. The summed E-state index contributed by atoms with van der Waals surface area (Å²) in [6.07, 6.45) is 1.31. The van der Waals surface area contributed by atoms with Crippen LogP contribution in [0.3, 0.4) is 0 Å². The lowest BCUT2D eigenvalue weighted by molar-refractivity contribution is 0.242. The summed E-state index contributed by atoms with van der Waals surface area (Å²) in [7, 11) is -3.78. The van der Waals surface area contributed by atoms with Gasteiger partial charge in [-0.25, -0.2) is 4.83 Å². The van der Waals surface area contributed by atoms with Gasteiger partial charge in [0.1, 0.15) is 5.75 Å². The normalized spacial score (nSPS) is 11.9. The molecule has 2 rings (SSSR count). The van der Waals surface area contributed by atoms with Crippen LogP contribution in [0.25, 0.3) is 0 Å². The summed E-state index contributed by atoms with van der Waals surface area (Å²) in [5.74, 6) is 0.596. The molecule has 0 saturated heterocycles. The molecule has 0 spiro atoms. The molecule has 0 heterocycles. The third-order valence-electron chi connectivity index (χ3n) is 2.86. The molecule has 0 unspecified atom stereocenters. The van der Waals surface area contributed by atoms with Crippen molar-refractivity contribution in [2.24, 2.45) is 5.10 Å². The second kappa shape index (κ2) is 7.88. The van der Waals surface area contributed by atoms with Crippen LogP contribution in [-0.2, 0) is 10.0 Å². The van der Waals surface area contributed by atoms with Crippen LogP contribution in [0.2, 0.25) is 10.0 Å². The minimum absolute atomic E-state index is 0.0117. The van der Waals surface area contributed by atoms with Gasteiger partial charge in [-0.05, 0) is 44.2 Å². The number of benzene rings is 2. The molecule has 2 aromatic carbocycles. The molecule has 0 saturated carbocycles. The first-order valence-corrected chi connectivity index (χ1v) is 9.29. The number of hydrogen-bond donors (Lipinski definition) is 1. The second-order valence-corrected chi connectivity index (χ2v) is 7.58. The Balaban J connectivity index is 2.11. The van der Waals surface area contributed by atoms with Gasteiger partial charge in [-0.15, -0.1) is 0 Å². The molecular weight excluding hydrogens is 371 g/mol. The summed E-state index contributed by atoms with van der Waals surface area (Å²) < 4.78 is 29.8. The molecule has 0 amide bonds. The average molecular weight is 387 g/mol. The van der Waals surface area contributed by atoms with Crippen LogP contribution in [0.15, 0.2) is 52.5 Å². The summed E-state index contributed by atoms with van der Waals surface area (Å²) in [4.78, 5) is 2.21. The molecule has 0 aliphatic heterocycles. The van der Waals surface area contributed by atoms with Gasteiger partial charge in [-0.3, -0.25) is 0 Å². The Kier molecular flexibility index (Phi) is 6.10. The average Bonchev–Trinajstić information content (AvgIpc) is 2.51. The zero-order valence-corrected chi connectivity index (χ0v) is 15.4. The first-order valence-electron chi connectivity index (χ1n) is 7.05. The molecule has 128 valence electrons. The Morgan fingerprint density at radius 3 is 2.42 bits per heavy atom. The van der Waals surface area contributed by atoms with E-state index in [4.69, 9.17) is 27.9 Å². The lowest BCUT2D eigenvalue weighted by atomic mass is 10.2. The first kappa shape index (κ1) is 18.6. The van der Waals surface area contributed by atoms with Crippen LogP contribution in [0, 0.1) is 0 Å². The van der Waals surface area contributed by atoms with Crippen LogP contribution in [-0.4, -0.2) is 20.7 Å². The number of hydrogen-bond acceptors (Lipinski definition) is 4. The van der Waals surface area contributed by atoms with E-state index in [-0.39, 0.29) is 11.0 Å². The Labute approximate surface area is 151 Å². The van der Waals surface area contributed by atoms with E-state index in [0.717, 1.165) is 0 Å². The third-order valence-corrected chi connectivity index (χ3v) is 4.94. The summed E-state index contributed by atoms with van der Waals surface area (Å²) in [5, 5.41) is 4.39.